The third-order valence-electron chi connectivity index (χ3n) is 4.37. The Morgan fingerprint density at radius 3 is 2.83 bits per heavy atom. The number of benzene rings is 2. The van der Waals surface area contributed by atoms with Crippen molar-refractivity contribution < 1.29 is 13.6 Å². The Labute approximate surface area is 168 Å². The van der Waals surface area contributed by atoms with Gasteiger partial charge in [-0.05, 0) is 30.3 Å². The van der Waals surface area contributed by atoms with Crippen LogP contribution in [0.1, 0.15) is 16.1 Å². The number of carbonyl (C=O) groups is 1. The van der Waals surface area contributed by atoms with E-state index in [4.69, 9.17) is 4.42 Å². The van der Waals surface area contributed by atoms with Crippen LogP contribution in [0, 0.1) is 5.82 Å². The molecule has 0 bridgehead atoms. The molecule has 3 aromatic heterocycles. The van der Waals surface area contributed by atoms with Crippen molar-refractivity contribution in [2.45, 2.75) is 6.54 Å². The molecule has 0 atom stereocenters. The van der Waals surface area contributed by atoms with E-state index in [9.17, 15) is 9.18 Å². The molecule has 0 aliphatic rings. The van der Waals surface area contributed by atoms with Crippen LogP contribution in [0.5, 0.6) is 0 Å². The Bertz CT molecular complexity index is 1330. The van der Waals surface area contributed by atoms with Gasteiger partial charge in [0.25, 0.3) is 5.91 Å². The fourth-order valence-electron chi connectivity index (χ4n) is 3.04. The Morgan fingerprint density at radius 1 is 1.07 bits per heavy atom. The highest BCUT2D eigenvalue weighted by molar-refractivity contribution is 7.21. The van der Waals surface area contributed by atoms with Crippen molar-refractivity contribution in [3.63, 3.8) is 0 Å². The molecular weight excluding hydrogens is 391 g/mol. The van der Waals surface area contributed by atoms with E-state index in [2.05, 4.69) is 20.3 Å². The van der Waals surface area contributed by atoms with Crippen molar-refractivity contribution in [2.24, 2.45) is 0 Å². The van der Waals surface area contributed by atoms with E-state index in [1.54, 1.807) is 6.07 Å². The molecular formula is C21H13FN4O2S. The van der Waals surface area contributed by atoms with Gasteiger partial charge in [-0.15, -0.1) is 11.3 Å². The minimum atomic E-state index is -0.542. The SMILES string of the molecule is O=C(NCc1ccc(-c2nc3ccccc3s2)o1)c1cc(F)cc2nccnc12. The summed E-state index contributed by atoms with van der Waals surface area (Å²) >= 11 is 1.54. The summed E-state index contributed by atoms with van der Waals surface area (Å²) in [7, 11) is 0. The molecule has 0 aliphatic carbocycles. The molecule has 2 aromatic carbocycles. The molecule has 0 fully saturated rings. The quantitative estimate of drug-likeness (QED) is 0.475. The maximum absolute atomic E-state index is 13.8. The Balaban J connectivity index is 1.35. The van der Waals surface area contributed by atoms with Crippen molar-refractivity contribution >= 4 is 38.5 Å². The number of hydrogen-bond donors (Lipinski definition) is 1. The van der Waals surface area contributed by atoms with Gasteiger partial charge < -0.3 is 9.73 Å². The molecule has 5 rings (SSSR count). The number of amides is 1. The van der Waals surface area contributed by atoms with Crippen LogP contribution in [-0.4, -0.2) is 20.9 Å². The van der Waals surface area contributed by atoms with Gasteiger partial charge in [0.1, 0.15) is 17.1 Å². The van der Waals surface area contributed by atoms with Gasteiger partial charge in [0.2, 0.25) is 0 Å². The topological polar surface area (TPSA) is 80.9 Å². The van der Waals surface area contributed by atoms with Crippen LogP contribution in [0.25, 0.3) is 32.0 Å². The number of carbonyl (C=O) groups excluding carboxylic acids is 1. The average molecular weight is 404 g/mol. The highest BCUT2D eigenvalue weighted by Crippen LogP contribution is 2.31. The molecule has 3 heterocycles. The largest absolute Gasteiger partial charge is 0.457 e. The number of fused-ring (bicyclic) bond motifs is 2. The number of halogens is 1. The lowest BCUT2D eigenvalue weighted by Crippen LogP contribution is -2.23. The van der Waals surface area contributed by atoms with E-state index in [0.717, 1.165) is 21.3 Å². The number of hydrogen-bond acceptors (Lipinski definition) is 6. The standard InChI is InChI=1S/C21H13FN4O2S/c22-12-9-14(19-16(10-12)23-7-8-24-19)20(27)25-11-13-5-6-17(28-13)21-26-15-3-1-2-4-18(15)29-21/h1-10H,11H2,(H,25,27). The smallest absolute Gasteiger partial charge is 0.254 e. The Morgan fingerprint density at radius 2 is 1.93 bits per heavy atom. The first-order valence-corrected chi connectivity index (χ1v) is 9.62. The zero-order chi connectivity index (χ0) is 19.8. The minimum absolute atomic E-state index is 0.131. The molecule has 0 unspecified atom stereocenters. The van der Waals surface area contributed by atoms with Gasteiger partial charge in [-0.3, -0.25) is 14.8 Å². The summed E-state index contributed by atoms with van der Waals surface area (Å²) in [6.07, 6.45) is 2.92. The van der Waals surface area contributed by atoms with Crippen molar-refractivity contribution in [2.75, 3.05) is 0 Å². The molecule has 0 radical (unpaired) electrons. The van der Waals surface area contributed by atoms with Gasteiger partial charge in [0.05, 0.1) is 27.8 Å². The van der Waals surface area contributed by atoms with E-state index in [1.165, 1.54) is 29.8 Å². The zero-order valence-corrected chi connectivity index (χ0v) is 15.7. The Hall–Kier alpha value is -3.65. The lowest BCUT2D eigenvalue weighted by atomic mass is 10.1. The molecule has 0 saturated carbocycles. The number of aromatic nitrogens is 3. The van der Waals surface area contributed by atoms with Crippen LogP contribution >= 0.6 is 11.3 Å². The Kier molecular flexibility index (Phi) is 4.25. The molecule has 0 aliphatic heterocycles. The van der Waals surface area contributed by atoms with Crippen LogP contribution in [0.3, 0.4) is 0 Å². The second-order valence-corrected chi connectivity index (χ2v) is 7.34. The first-order valence-electron chi connectivity index (χ1n) is 8.80. The molecule has 8 heteroatoms. The summed E-state index contributed by atoms with van der Waals surface area (Å²) in [5.74, 6) is 0.212. The van der Waals surface area contributed by atoms with Crippen LogP contribution in [0.2, 0.25) is 0 Å². The highest BCUT2D eigenvalue weighted by Gasteiger charge is 2.15. The highest BCUT2D eigenvalue weighted by atomic mass is 32.1. The molecule has 0 saturated heterocycles. The first-order chi connectivity index (χ1) is 14.2. The number of nitrogens with zero attached hydrogens (tertiary/aromatic N) is 3. The number of furan rings is 1. The van der Waals surface area contributed by atoms with E-state index in [0.29, 0.717) is 22.6 Å². The zero-order valence-electron chi connectivity index (χ0n) is 14.9. The summed E-state index contributed by atoms with van der Waals surface area (Å²) in [5.41, 5.74) is 1.72. The van der Waals surface area contributed by atoms with Gasteiger partial charge in [-0.2, -0.15) is 0 Å². The fourth-order valence-corrected chi connectivity index (χ4v) is 3.97. The number of para-hydroxylation sites is 1. The predicted molar refractivity (Wildman–Crippen MR) is 108 cm³/mol. The maximum Gasteiger partial charge on any atom is 0.254 e. The van der Waals surface area contributed by atoms with Crippen molar-refractivity contribution in [1.29, 1.82) is 0 Å². The molecule has 1 amide bonds. The van der Waals surface area contributed by atoms with Crippen LogP contribution < -0.4 is 5.32 Å². The summed E-state index contributed by atoms with van der Waals surface area (Å²) in [4.78, 5) is 25.3. The maximum atomic E-state index is 13.8. The fraction of sp³-hybridized carbons (Fsp3) is 0.0476. The minimum Gasteiger partial charge on any atom is -0.457 e. The van der Waals surface area contributed by atoms with E-state index in [1.807, 2.05) is 30.3 Å². The van der Waals surface area contributed by atoms with E-state index >= 15 is 0 Å². The van der Waals surface area contributed by atoms with Crippen LogP contribution in [0.4, 0.5) is 4.39 Å². The lowest BCUT2D eigenvalue weighted by molar-refractivity contribution is 0.0949. The lowest BCUT2D eigenvalue weighted by Gasteiger charge is -2.06. The molecule has 1 N–H and O–H groups in total. The van der Waals surface area contributed by atoms with Gasteiger partial charge in [0, 0.05) is 18.5 Å². The number of nitrogens with one attached hydrogen (secondary N) is 1. The number of rotatable bonds is 4. The third-order valence-corrected chi connectivity index (χ3v) is 5.42. The average Bonchev–Trinajstić information content (AvgIpc) is 3.38. The van der Waals surface area contributed by atoms with Gasteiger partial charge in [-0.1, -0.05) is 12.1 Å². The summed E-state index contributed by atoms with van der Waals surface area (Å²) in [6, 6.07) is 13.9. The molecule has 29 heavy (non-hydrogen) atoms. The monoisotopic (exact) mass is 404 g/mol. The molecule has 5 aromatic rings. The predicted octanol–water partition coefficient (Wildman–Crippen LogP) is 4.57. The van der Waals surface area contributed by atoms with Crippen molar-refractivity contribution in [3.8, 4) is 10.8 Å². The third kappa shape index (κ3) is 3.34. The van der Waals surface area contributed by atoms with E-state index < -0.39 is 11.7 Å². The molecule has 142 valence electrons. The molecule has 6 nitrogen and oxygen atoms in total. The summed E-state index contributed by atoms with van der Waals surface area (Å²) < 4.78 is 20.7. The van der Waals surface area contributed by atoms with Gasteiger partial charge >= 0.3 is 0 Å². The van der Waals surface area contributed by atoms with Crippen LogP contribution in [-0.2, 0) is 6.54 Å². The second-order valence-electron chi connectivity index (χ2n) is 6.31. The van der Waals surface area contributed by atoms with Crippen LogP contribution in [0.15, 0.2) is 65.3 Å². The first kappa shape index (κ1) is 17.4. The molecule has 0 spiro atoms. The second kappa shape index (κ2) is 7.06. The summed E-state index contributed by atoms with van der Waals surface area (Å²) in [5, 5.41) is 3.52. The van der Waals surface area contributed by atoms with Gasteiger partial charge in [0.15, 0.2) is 10.8 Å². The normalized spacial score (nSPS) is 11.2. The number of thiazole rings is 1. The van der Waals surface area contributed by atoms with Gasteiger partial charge in [-0.25, -0.2) is 9.37 Å². The van der Waals surface area contributed by atoms with Crippen molar-refractivity contribution in [3.05, 3.63) is 78.1 Å². The summed E-state index contributed by atoms with van der Waals surface area (Å²) in [6.45, 7) is 0.155. The van der Waals surface area contributed by atoms with E-state index in [-0.39, 0.29) is 12.1 Å². The van der Waals surface area contributed by atoms with Crippen molar-refractivity contribution in [1.82, 2.24) is 20.3 Å².